The van der Waals surface area contributed by atoms with Crippen LogP contribution >= 0.6 is 11.6 Å². The maximum atomic E-state index is 9.69. The van der Waals surface area contributed by atoms with Crippen molar-refractivity contribution in [3.05, 3.63) is 29.7 Å². The van der Waals surface area contributed by atoms with Gasteiger partial charge in [0.15, 0.2) is 0 Å². The van der Waals surface area contributed by atoms with Crippen LogP contribution in [0.25, 0.3) is 11.3 Å². The molecule has 2 aromatic heterocycles. The highest BCUT2D eigenvalue weighted by atomic mass is 35.5. The van der Waals surface area contributed by atoms with Crippen LogP contribution in [0.15, 0.2) is 24.7 Å². The first-order valence-electron chi connectivity index (χ1n) is 10.4. The van der Waals surface area contributed by atoms with Crippen LogP contribution in [-0.4, -0.2) is 52.0 Å². The average Bonchev–Trinajstić information content (AvgIpc) is 2.76. The van der Waals surface area contributed by atoms with E-state index < -0.39 is 0 Å². The summed E-state index contributed by atoms with van der Waals surface area (Å²) >= 11 is 6.42. The van der Waals surface area contributed by atoms with Gasteiger partial charge in [-0.15, -0.1) is 0 Å². The lowest BCUT2D eigenvalue weighted by Crippen LogP contribution is -2.28. The summed E-state index contributed by atoms with van der Waals surface area (Å²) in [5.74, 6) is 2.01. The minimum absolute atomic E-state index is 0.174. The molecule has 0 unspecified atom stereocenters. The number of hydrogen-bond donors (Lipinski definition) is 3. The van der Waals surface area contributed by atoms with Gasteiger partial charge in [0.05, 0.1) is 35.8 Å². The zero-order valence-electron chi connectivity index (χ0n) is 16.5. The van der Waals surface area contributed by atoms with Gasteiger partial charge in [0, 0.05) is 31.0 Å². The summed E-state index contributed by atoms with van der Waals surface area (Å²) < 4.78 is 5.54. The molecule has 0 amide bonds. The number of aliphatic hydroxyl groups excluding tert-OH is 1. The molecular weight excluding hydrogens is 390 g/mol. The van der Waals surface area contributed by atoms with Crippen molar-refractivity contribution in [2.24, 2.45) is 5.92 Å². The zero-order valence-corrected chi connectivity index (χ0v) is 17.2. The molecule has 2 aliphatic rings. The fourth-order valence-corrected chi connectivity index (χ4v) is 4.14. The monoisotopic (exact) mass is 417 g/mol. The van der Waals surface area contributed by atoms with Gasteiger partial charge in [0.2, 0.25) is 0 Å². The minimum Gasteiger partial charge on any atom is -0.393 e. The van der Waals surface area contributed by atoms with Crippen LogP contribution in [0.3, 0.4) is 0 Å². The molecule has 3 N–H and O–H groups in total. The SMILES string of the molecule is OC1CCC(Nc2cc(-c3cncc(NC[C@@H]4CCCOC4)n3)c(Cl)cn2)CC1. The number of aromatic nitrogens is 3. The Hall–Kier alpha value is -1.96. The third kappa shape index (κ3) is 5.56. The van der Waals surface area contributed by atoms with E-state index >= 15 is 0 Å². The van der Waals surface area contributed by atoms with E-state index in [9.17, 15) is 5.11 Å². The number of pyridine rings is 1. The van der Waals surface area contributed by atoms with Gasteiger partial charge < -0.3 is 20.5 Å². The molecule has 4 rings (SSSR count). The predicted octanol–water partition coefficient (Wildman–Crippen LogP) is 3.75. The second-order valence-corrected chi connectivity index (χ2v) is 8.36. The molecule has 156 valence electrons. The molecule has 8 heteroatoms. The van der Waals surface area contributed by atoms with E-state index in [-0.39, 0.29) is 6.10 Å². The Kier molecular flexibility index (Phi) is 6.79. The Labute approximate surface area is 176 Å². The van der Waals surface area contributed by atoms with Gasteiger partial charge in [-0.05, 0) is 50.5 Å². The number of nitrogens with zero attached hydrogens (tertiary/aromatic N) is 3. The molecule has 0 spiro atoms. The lowest BCUT2D eigenvalue weighted by molar-refractivity contribution is 0.0595. The molecular formula is C21H28ClN5O2. The number of hydrogen-bond acceptors (Lipinski definition) is 7. The fraction of sp³-hybridized carbons (Fsp3) is 0.571. The third-order valence-corrected chi connectivity index (χ3v) is 5.94. The van der Waals surface area contributed by atoms with Crippen molar-refractivity contribution in [2.45, 2.75) is 50.7 Å². The van der Waals surface area contributed by atoms with E-state index in [1.165, 1.54) is 6.42 Å². The topological polar surface area (TPSA) is 92.2 Å². The van der Waals surface area contributed by atoms with Crippen molar-refractivity contribution in [2.75, 3.05) is 30.4 Å². The van der Waals surface area contributed by atoms with Gasteiger partial charge in [-0.1, -0.05) is 11.6 Å². The molecule has 1 atom stereocenters. The van der Waals surface area contributed by atoms with Crippen molar-refractivity contribution >= 4 is 23.2 Å². The molecule has 1 saturated carbocycles. The Balaban J connectivity index is 1.44. The summed E-state index contributed by atoms with van der Waals surface area (Å²) in [4.78, 5) is 13.4. The van der Waals surface area contributed by atoms with Gasteiger partial charge in [0.25, 0.3) is 0 Å². The highest BCUT2D eigenvalue weighted by molar-refractivity contribution is 6.33. The van der Waals surface area contributed by atoms with Crippen LogP contribution < -0.4 is 10.6 Å². The molecule has 1 aliphatic carbocycles. The molecule has 7 nitrogen and oxygen atoms in total. The van der Waals surface area contributed by atoms with E-state index in [2.05, 4.69) is 20.6 Å². The Morgan fingerprint density at radius 2 is 1.97 bits per heavy atom. The largest absolute Gasteiger partial charge is 0.393 e. The smallest absolute Gasteiger partial charge is 0.145 e. The van der Waals surface area contributed by atoms with Gasteiger partial charge in [-0.25, -0.2) is 9.97 Å². The van der Waals surface area contributed by atoms with Gasteiger partial charge >= 0.3 is 0 Å². The summed E-state index contributed by atoms with van der Waals surface area (Å²) in [6, 6.07) is 2.24. The maximum Gasteiger partial charge on any atom is 0.145 e. The second kappa shape index (κ2) is 9.69. The van der Waals surface area contributed by atoms with Crippen LogP contribution in [0.5, 0.6) is 0 Å². The molecule has 0 aromatic carbocycles. The van der Waals surface area contributed by atoms with Crippen LogP contribution in [0, 0.1) is 5.92 Å². The highest BCUT2D eigenvalue weighted by Crippen LogP contribution is 2.29. The van der Waals surface area contributed by atoms with Crippen molar-refractivity contribution < 1.29 is 9.84 Å². The number of halogens is 1. The number of anilines is 2. The first kappa shape index (κ1) is 20.3. The fourth-order valence-electron chi connectivity index (χ4n) is 3.94. The normalized spacial score (nSPS) is 24.8. The number of nitrogens with one attached hydrogen (secondary N) is 2. The van der Waals surface area contributed by atoms with Gasteiger partial charge in [-0.3, -0.25) is 4.98 Å². The molecule has 2 aromatic rings. The Morgan fingerprint density at radius 3 is 2.76 bits per heavy atom. The van der Waals surface area contributed by atoms with Crippen molar-refractivity contribution in [3.8, 4) is 11.3 Å². The van der Waals surface area contributed by atoms with Crippen molar-refractivity contribution in [1.82, 2.24) is 15.0 Å². The number of aliphatic hydroxyl groups is 1. The summed E-state index contributed by atoms with van der Waals surface area (Å²) in [7, 11) is 0. The third-order valence-electron chi connectivity index (χ3n) is 5.64. The predicted molar refractivity (Wildman–Crippen MR) is 114 cm³/mol. The van der Waals surface area contributed by atoms with Gasteiger partial charge in [0.1, 0.15) is 11.6 Å². The molecule has 0 bridgehead atoms. The number of rotatable bonds is 6. The highest BCUT2D eigenvalue weighted by Gasteiger charge is 2.20. The van der Waals surface area contributed by atoms with E-state index in [1.807, 2.05) is 6.07 Å². The van der Waals surface area contributed by atoms with E-state index in [4.69, 9.17) is 21.3 Å². The average molecular weight is 418 g/mol. The van der Waals surface area contributed by atoms with E-state index in [0.29, 0.717) is 22.7 Å². The lowest BCUT2D eigenvalue weighted by Gasteiger charge is -2.26. The number of ether oxygens (including phenoxy) is 1. The molecule has 1 saturated heterocycles. The van der Waals surface area contributed by atoms with Crippen molar-refractivity contribution in [3.63, 3.8) is 0 Å². The molecule has 29 heavy (non-hydrogen) atoms. The van der Waals surface area contributed by atoms with Crippen LogP contribution in [0.4, 0.5) is 11.6 Å². The van der Waals surface area contributed by atoms with Crippen LogP contribution in [0.2, 0.25) is 5.02 Å². The Bertz CT molecular complexity index is 807. The first-order chi connectivity index (χ1) is 14.2. The van der Waals surface area contributed by atoms with E-state index in [0.717, 1.165) is 69.1 Å². The Morgan fingerprint density at radius 1 is 1.10 bits per heavy atom. The summed E-state index contributed by atoms with van der Waals surface area (Å²) in [5, 5.41) is 17.1. The van der Waals surface area contributed by atoms with Crippen LogP contribution in [0.1, 0.15) is 38.5 Å². The molecule has 2 fully saturated rings. The lowest BCUT2D eigenvalue weighted by atomic mass is 9.93. The molecule has 1 aliphatic heterocycles. The van der Waals surface area contributed by atoms with Crippen LogP contribution in [-0.2, 0) is 4.74 Å². The second-order valence-electron chi connectivity index (χ2n) is 7.95. The van der Waals surface area contributed by atoms with Crippen molar-refractivity contribution in [1.29, 1.82) is 0 Å². The minimum atomic E-state index is -0.174. The first-order valence-corrected chi connectivity index (χ1v) is 10.8. The zero-order chi connectivity index (χ0) is 20.1. The summed E-state index contributed by atoms with van der Waals surface area (Å²) in [6.07, 6.45) is 10.7. The van der Waals surface area contributed by atoms with E-state index in [1.54, 1.807) is 18.6 Å². The summed E-state index contributed by atoms with van der Waals surface area (Å²) in [5.41, 5.74) is 1.52. The van der Waals surface area contributed by atoms with Gasteiger partial charge in [-0.2, -0.15) is 0 Å². The molecule has 3 heterocycles. The summed E-state index contributed by atoms with van der Waals surface area (Å²) in [6.45, 7) is 2.48. The molecule has 0 radical (unpaired) electrons. The standard InChI is InChI=1S/C21H28ClN5O2/c22-18-10-25-20(26-15-3-5-16(28)6-4-15)8-17(18)19-11-23-12-21(27-19)24-9-14-2-1-7-29-13-14/h8,10-12,14-16,28H,1-7,9,13H2,(H,24,27)(H,25,26)/t14-,15?,16?/m0/s1. The maximum absolute atomic E-state index is 9.69. The quantitative estimate of drug-likeness (QED) is 0.659.